The zero-order valence-corrected chi connectivity index (χ0v) is 7.62. The number of fused-ring (bicyclic) bond motifs is 1. The standard InChI is InChI=1S/C8H6ClNOS/c9-5-1-4-6(10)3-12-8(4)2-7(5)11/h1-3,11H,10H2. The van der Waals surface area contributed by atoms with E-state index < -0.39 is 0 Å². The van der Waals surface area contributed by atoms with Crippen molar-refractivity contribution in [2.24, 2.45) is 0 Å². The van der Waals surface area contributed by atoms with E-state index in [2.05, 4.69) is 0 Å². The van der Waals surface area contributed by atoms with Crippen LogP contribution in [0.15, 0.2) is 17.5 Å². The van der Waals surface area contributed by atoms with E-state index in [0.717, 1.165) is 10.1 Å². The number of thiophene rings is 1. The van der Waals surface area contributed by atoms with Crippen LogP contribution in [0.4, 0.5) is 5.69 Å². The topological polar surface area (TPSA) is 46.2 Å². The number of hydrogen-bond donors (Lipinski definition) is 2. The van der Waals surface area contributed by atoms with E-state index in [-0.39, 0.29) is 5.75 Å². The van der Waals surface area contributed by atoms with Crippen molar-refractivity contribution in [2.75, 3.05) is 5.73 Å². The molecular weight excluding hydrogens is 194 g/mol. The number of halogens is 1. The minimum absolute atomic E-state index is 0.103. The summed E-state index contributed by atoms with van der Waals surface area (Å²) < 4.78 is 0.953. The van der Waals surface area contributed by atoms with Crippen LogP contribution in [-0.2, 0) is 0 Å². The predicted octanol–water partition coefficient (Wildman–Crippen LogP) is 2.84. The van der Waals surface area contributed by atoms with Crippen LogP contribution in [-0.4, -0.2) is 5.11 Å². The van der Waals surface area contributed by atoms with Crippen LogP contribution in [0, 0.1) is 0 Å². The molecule has 0 radical (unpaired) electrons. The van der Waals surface area contributed by atoms with E-state index in [4.69, 9.17) is 17.3 Å². The Morgan fingerprint density at radius 3 is 2.92 bits per heavy atom. The van der Waals surface area contributed by atoms with Gasteiger partial charge in [-0.2, -0.15) is 0 Å². The second-order valence-electron chi connectivity index (χ2n) is 2.49. The largest absolute Gasteiger partial charge is 0.506 e. The molecule has 2 aromatic rings. The molecule has 4 heteroatoms. The summed E-state index contributed by atoms with van der Waals surface area (Å²) in [4.78, 5) is 0. The molecule has 0 aliphatic rings. The summed E-state index contributed by atoms with van der Waals surface area (Å²) in [5.74, 6) is 0.103. The Balaban J connectivity index is 2.87. The van der Waals surface area contributed by atoms with Crippen molar-refractivity contribution in [1.29, 1.82) is 0 Å². The molecule has 62 valence electrons. The van der Waals surface area contributed by atoms with Gasteiger partial charge < -0.3 is 10.8 Å². The van der Waals surface area contributed by atoms with Gasteiger partial charge in [0.2, 0.25) is 0 Å². The summed E-state index contributed by atoms with van der Waals surface area (Å²) in [6.45, 7) is 0. The van der Waals surface area contributed by atoms with Crippen molar-refractivity contribution in [1.82, 2.24) is 0 Å². The van der Waals surface area contributed by atoms with Crippen molar-refractivity contribution in [2.45, 2.75) is 0 Å². The molecule has 0 unspecified atom stereocenters. The second kappa shape index (κ2) is 2.54. The van der Waals surface area contributed by atoms with Gasteiger partial charge in [-0.05, 0) is 12.1 Å². The Morgan fingerprint density at radius 1 is 1.42 bits per heavy atom. The summed E-state index contributed by atoms with van der Waals surface area (Å²) in [7, 11) is 0. The molecule has 3 N–H and O–H groups in total. The number of nitrogen functional groups attached to an aromatic ring is 1. The zero-order valence-electron chi connectivity index (χ0n) is 6.04. The van der Waals surface area contributed by atoms with E-state index in [1.165, 1.54) is 11.3 Å². The lowest BCUT2D eigenvalue weighted by Gasteiger charge is -1.96. The van der Waals surface area contributed by atoms with Crippen molar-refractivity contribution < 1.29 is 5.11 Å². The number of anilines is 1. The van der Waals surface area contributed by atoms with Gasteiger partial charge in [0.1, 0.15) is 5.75 Å². The van der Waals surface area contributed by atoms with Crippen LogP contribution >= 0.6 is 22.9 Å². The maximum Gasteiger partial charge on any atom is 0.135 e. The molecule has 0 amide bonds. The first-order chi connectivity index (χ1) is 5.68. The first-order valence-corrected chi connectivity index (χ1v) is 4.59. The number of benzene rings is 1. The molecule has 0 aliphatic heterocycles. The Labute approximate surface area is 78.2 Å². The third kappa shape index (κ3) is 1.02. The monoisotopic (exact) mass is 199 g/mol. The van der Waals surface area contributed by atoms with Crippen LogP contribution in [0.2, 0.25) is 5.02 Å². The molecule has 12 heavy (non-hydrogen) atoms. The smallest absolute Gasteiger partial charge is 0.135 e. The van der Waals surface area contributed by atoms with E-state index in [9.17, 15) is 5.11 Å². The van der Waals surface area contributed by atoms with E-state index in [0.29, 0.717) is 10.7 Å². The summed E-state index contributed by atoms with van der Waals surface area (Å²) in [6.07, 6.45) is 0. The third-order valence-electron chi connectivity index (χ3n) is 1.67. The van der Waals surface area contributed by atoms with Crippen LogP contribution in [0.1, 0.15) is 0 Å². The first-order valence-electron chi connectivity index (χ1n) is 3.33. The summed E-state index contributed by atoms with van der Waals surface area (Å²) in [5, 5.41) is 12.3. The molecular formula is C8H6ClNOS. The maximum absolute atomic E-state index is 9.26. The Hall–Kier alpha value is -0.930. The minimum atomic E-state index is 0.103. The maximum atomic E-state index is 9.26. The molecule has 1 aromatic heterocycles. The highest BCUT2D eigenvalue weighted by atomic mass is 35.5. The zero-order chi connectivity index (χ0) is 8.72. The summed E-state index contributed by atoms with van der Waals surface area (Å²) in [5.41, 5.74) is 6.37. The Morgan fingerprint density at radius 2 is 2.17 bits per heavy atom. The molecule has 0 saturated carbocycles. The third-order valence-corrected chi connectivity index (χ3v) is 2.94. The quantitative estimate of drug-likeness (QED) is 0.686. The average Bonchev–Trinajstić information content (AvgIpc) is 2.35. The van der Waals surface area contributed by atoms with Crippen molar-refractivity contribution >= 4 is 38.7 Å². The van der Waals surface area contributed by atoms with E-state index in [1.54, 1.807) is 12.1 Å². The summed E-state index contributed by atoms with van der Waals surface area (Å²) in [6, 6.07) is 3.30. The van der Waals surface area contributed by atoms with Gasteiger partial charge in [0.05, 0.1) is 10.7 Å². The van der Waals surface area contributed by atoms with Crippen LogP contribution in [0.3, 0.4) is 0 Å². The number of nitrogens with two attached hydrogens (primary N) is 1. The van der Waals surface area contributed by atoms with E-state index >= 15 is 0 Å². The number of hydrogen-bond acceptors (Lipinski definition) is 3. The molecule has 0 aliphatic carbocycles. The SMILES string of the molecule is Nc1csc2cc(O)c(Cl)cc12. The van der Waals surface area contributed by atoms with Gasteiger partial charge in [-0.1, -0.05) is 11.6 Å². The normalized spacial score (nSPS) is 10.8. The van der Waals surface area contributed by atoms with Crippen molar-refractivity contribution in [3.05, 3.63) is 22.5 Å². The van der Waals surface area contributed by atoms with Crippen LogP contribution < -0.4 is 5.73 Å². The first kappa shape index (κ1) is 7.71. The highest BCUT2D eigenvalue weighted by Gasteiger charge is 2.05. The van der Waals surface area contributed by atoms with Crippen molar-refractivity contribution in [3.63, 3.8) is 0 Å². The molecule has 1 heterocycles. The molecule has 2 rings (SSSR count). The average molecular weight is 200 g/mol. The molecule has 0 spiro atoms. The van der Waals surface area contributed by atoms with Gasteiger partial charge in [0.25, 0.3) is 0 Å². The summed E-state index contributed by atoms with van der Waals surface area (Å²) >= 11 is 7.21. The predicted molar refractivity (Wildman–Crippen MR) is 52.9 cm³/mol. The van der Waals surface area contributed by atoms with E-state index in [1.807, 2.05) is 5.38 Å². The number of aromatic hydroxyl groups is 1. The fourth-order valence-corrected chi connectivity index (χ4v) is 2.08. The molecule has 0 fully saturated rings. The van der Waals surface area contributed by atoms with Gasteiger partial charge in [0, 0.05) is 15.5 Å². The highest BCUT2D eigenvalue weighted by Crippen LogP contribution is 2.35. The van der Waals surface area contributed by atoms with Crippen LogP contribution in [0.25, 0.3) is 10.1 Å². The molecule has 0 atom stereocenters. The van der Waals surface area contributed by atoms with Crippen LogP contribution in [0.5, 0.6) is 5.75 Å². The Kier molecular flexibility index (Phi) is 1.63. The van der Waals surface area contributed by atoms with Gasteiger partial charge in [-0.3, -0.25) is 0 Å². The number of phenols is 1. The number of rotatable bonds is 0. The lowest BCUT2D eigenvalue weighted by atomic mass is 10.2. The minimum Gasteiger partial charge on any atom is -0.506 e. The number of phenolic OH excluding ortho intramolecular Hbond substituents is 1. The lowest BCUT2D eigenvalue weighted by molar-refractivity contribution is 0.476. The van der Waals surface area contributed by atoms with Gasteiger partial charge in [-0.25, -0.2) is 0 Å². The fraction of sp³-hybridized carbons (Fsp3) is 0. The van der Waals surface area contributed by atoms with Gasteiger partial charge >= 0.3 is 0 Å². The lowest BCUT2D eigenvalue weighted by Crippen LogP contribution is -1.79. The molecule has 2 nitrogen and oxygen atoms in total. The fourth-order valence-electron chi connectivity index (χ4n) is 1.06. The second-order valence-corrected chi connectivity index (χ2v) is 3.81. The molecule has 0 bridgehead atoms. The van der Waals surface area contributed by atoms with Gasteiger partial charge in [-0.15, -0.1) is 11.3 Å². The highest BCUT2D eigenvalue weighted by molar-refractivity contribution is 7.17. The Bertz CT molecular complexity index is 438. The molecule has 0 saturated heterocycles. The molecule has 1 aromatic carbocycles. The van der Waals surface area contributed by atoms with Gasteiger partial charge in [0.15, 0.2) is 0 Å². The van der Waals surface area contributed by atoms with Crippen molar-refractivity contribution in [3.8, 4) is 5.75 Å².